The molecule has 0 spiro atoms. The number of pyridine rings is 1. The lowest BCUT2D eigenvalue weighted by Gasteiger charge is -2.03. The summed E-state index contributed by atoms with van der Waals surface area (Å²) in [5.41, 5.74) is 4.66. The number of aromatic amines is 1. The largest absolute Gasteiger partial charge is 0.354 e. The maximum Gasteiger partial charge on any atom is 0.0493 e. The predicted molar refractivity (Wildman–Crippen MR) is 70.9 cm³/mol. The summed E-state index contributed by atoms with van der Waals surface area (Å²) in [4.78, 5) is 7.87. The summed E-state index contributed by atoms with van der Waals surface area (Å²) in [6.07, 6.45) is 2.80. The fraction of sp³-hybridized carbons (Fsp3) is 0.133. The molecule has 0 aliphatic carbocycles. The molecule has 0 fully saturated rings. The Labute approximate surface area is 100 Å². The van der Waals surface area contributed by atoms with Crippen molar-refractivity contribution in [2.24, 2.45) is 0 Å². The first-order valence-electron chi connectivity index (χ1n) is 5.90. The predicted octanol–water partition coefficient (Wildman–Crippen LogP) is 3.79. The zero-order valence-corrected chi connectivity index (χ0v) is 9.77. The molecule has 2 heteroatoms. The fourth-order valence-corrected chi connectivity index (χ4v) is 2.18. The summed E-state index contributed by atoms with van der Waals surface area (Å²) >= 11 is 0. The summed E-state index contributed by atoms with van der Waals surface area (Å²) in [7, 11) is 0. The van der Waals surface area contributed by atoms with Crippen LogP contribution < -0.4 is 0 Å². The molecule has 0 bridgehead atoms. The van der Waals surface area contributed by atoms with Crippen LogP contribution in [-0.4, -0.2) is 9.97 Å². The Bertz CT molecular complexity index is 620. The second kappa shape index (κ2) is 4.06. The minimum Gasteiger partial charge on any atom is -0.354 e. The van der Waals surface area contributed by atoms with Crippen molar-refractivity contribution in [1.29, 1.82) is 0 Å². The van der Waals surface area contributed by atoms with E-state index in [1.54, 1.807) is 0 Å². The number of aryl methyl sites for hydroxylation is 1. The molecule has 2 aromatic heterocycles. The number of hydrogen-bond acceptors (Lipinski definition) is 1. The van der Waals surface area contributed by atoms with E-state index >= 15 is 0 Å². The highest BCUT2D eigenvalue weighted by molar-refractivity contribution is 5.86. The molecule has 0 saturated heterocycles. The van der Waals surface area contributed by atoms with Crippen LogP contribution >= 0.6 is 0 Å². The smallest absolute Gasteiger partial charge is 0.0493 e. The Kier molecular flexibility index (Phi) is 2.41. The number of para-hydroxylation sites is 1. The lowest BCUT2D eigenvalue weighted by Crippen LogP contribution is -1.90. The number of aromatic nitrogens is 2. The summed E-state index contributed by atoms with van der Waals surface area (Å²) in [5, 5.41) is 1.24. The molecular weight excluding hydrogens is 208 g/mol. The highest BCUT2D eigenvalue weighted by Crippen LogP contribution is 2.25. The third-order valence-corrected chi connectivity index (χ3v) is 3.05. The van der Waals surface area contributed by atoms with Crippen LogP contribution in [0.4, 0.5) is 0 Å². The average molecular weight is 222 g/mol. The summed E-state index contributed by atoms with van der Waals surface area (Å²) in [6, 6.07) is 14.6. The van der Waals surface area contributed by atoms with E-state index in [-0.39, 0.29) is 0 Å². The van der Waals surface area contributed by atoms with Crippen LogP contribution in [0.1, 0.15) is 12.6 Å². The zero-order valence-electron chi connectivity index (χ0n) is 9.77. The monoisotopic (exact) mass is 222 g/mol. The molecule has 0 saturated carbocycles. The number of nitrogens with one attached hydrogen (secondary N) is 1. The Morgan fingerprint density at radius 2 is 2.00 bits per heavy atom. The van der Waals surface area contributed by atoms with E-state index in [2.05, 4.69) is 47.2 Å². The van der Waals surface area contributed by atoms with E-state index in [4.69, 9.17) is 0 Å². The Hall–Kier alpha value is -2.09. The van der Waals surface area contributed by atoms with Gasteiger partial charge in [-0.25, -0.2) is 0 Å². The van der Waals surface area contributed by atoms with Crippen molar-refractivity contribution < 1.29 is 0 Å². The molecule has 0 unspecified atom stereocenters. The molecule has 17 heavy (non-hydrogen) atoms. The standard InChI is InChI=1S/C15H14N2/c1-2-13-12(7-5-9-16-13)15-10-11-6-3-4-8-14(11)17-15/h3-10,17H,2H2,1H3. The summed E-state index contributed by atoms with van der Waals surface area (Å²) < 4.78 is 0. The molecular formula is C15H14N2. The molecule has 2 nitrogen and oxygen atoms in total. The first-order valence-corrected chi connectivity index (χ1v) is 5.90. The van der Waals surface area contributed by atoms with Gasteiger partial charge in [-0.1, -0.05) is 25.1 Å². The minimum absolute atomic E-state index is 0.950. The minimum atomic E-state index is 0.950. The van der Waals surface area contributed by atoms with E-state index in [1.807, 2.05) is 18.3 Å². The van der Waals surface area contributed by atoms with Crippen LogP contribution in [0, 0.1) is 0 Å². The third kappa shape index (κ3) is 1.72. The molecule has 3 rings (SSSR count). The molecule has 0 aliphatic rings. The highest BCUT2D eigenvalue weighted by Gasteiger charge is 2.07. The van der Waals surface area contributed by atoms with Crippen molar-refractivity contribution in [3.05, 3.63) is 54.4 Å². The molecule has 0 radical (unpaired) electrons. The first-order chi connectivity index (χ1) is 8.38. The van der Waals surface area contributed by atoms with Crippen molar-refractivity contribution in [3.63, 3.8) is 0 Å². The Balaban J connectivity index is 2.20. The average Bonchev–Trinajstić information content (AvgIpc) is 2.82. The van der Waals surface area contributed by atoms with Crippen LogP contribution in [0.5, 0.6) is 0 Å². The van der Waals surface area contributed by atoms with Crippen molar-refractivity contribution in [1.82, 2.24) is 9.97 Å². The van der Waals surface area contributed by atoms with Crippen LogP contribution in [0.3, 0.4) is 0 Å². The second-order valence-electron chi connectivity index (χ2n) is 4.12. The number of nitrogens with zero attached hydrogens (tertiary/aromatic N) is 1. The molecule has 0 aliphatic heterocycles. The summed E-state index contributed by atoms with van der Waals surface area (Å²) in [6.45, 7) is 2.13. The normalized spacial score (nSPS) is 10.9. The van der Waals surface area contributed by atoms with Crippen LogP contribution in [-0.2, 0) is 6.42 Å². The maximum atomic E-state index is 4.42. The molecule has 84 valence electrons. The molecule has 0 atom stereocenters. The van der Waals surface area contributed by atoms with Gasteiger partial charge < -0.3 is 4.98 Å². The lowest BCUT2D eigenvalue weighted by atomic mass is 10.1. The lowest BCUT2D eigenvalue weighted by molar-refractivity contribution is 1.04. The van der Waals surface area contributed by atoms with Gasteiger partial charge in [0.05, 0.1) is 0 Å². The quantitative estimate of drug-likeness (QED) is 0.702. The molecule has 1 aromatic carbocycles. The van der Waals surface area contributed by atoms with Gasteiger partial charge in [-0.15, -0.1) is 0 Å². The summed E-state index contributed by atoms with van der Waals surface area (Å²) in [5.74, 6) is 0. The fourth-order valence-electron chi connectivity index (χ4n) is 2.18. The van der Waals surface area contributed by atoms with Gasteiger partial charge in [-0.2, -0.15) is 0 Å². The zero-order chi connectivity index (χ0) is 11.7. The first kappa shape index (κ1) is 10.1. The Morgan fingerprint density at radius 3 is 2.82 bits per heavy atom. The number of rotatable bonds is 2. The van der Waals surface area contributed by atoms with Gasteiger partial charge >= 0.3 is 0 Å². The van der Waals surface area contributed by atoms with Crippen LogP contribution in [0.2, 0.25) is 0 Å². The number of benzene rings is 1. The van der Waals surface area contributed by atoms with Crippen molar-refractivity contribution in [2.75, 3.05) is 0 Å². The van der Waals surface area contributed by atoms with E-state index in [1.165, 1.54) is 16.5 Å². The molecule has 2 heterocycles. The van der Waals surface area contributed by atoms with Crippen molar-refractivity contribution >= 4 is 10.9 Å². The van der Waals surface area contributed by atoms with Crippen LogP contribution in [0.25, 0.3) is 22.2 Å². The highest BCUT2D eigenvalue weighted by atomic mass is 14.7. The number of fused-ring (bicyclic) bond motifs is 1. The molecule has 1 N–H and O–H groups in total. The third-order valence-electron chi connectivity index (χ3n) is 3.05. The number of H-pyrrole nitrogens is 1. The van der Waals surface area contributed by atoms with E-state index in [9.17, 15) is 0 Å². The van der Waals surface area contributed by atoms with Crippen molar-refractivity contribution in [3.8, 4) is 11.3 Å². The van der Waals surface area contributed by atoms with E-state index < -0.39 is 0 Å². The topological polar surface area (TPSA) is 28.7 Å². The van der Waals surface area contributed by atoms with Gasteiger partial charge in [0.2, 0.25) is 0 Å². The van der Waals surface area contributed by atoms with Gasteiger partial charge in [-0.05, 0) is 30.7 Å². The van der Waals surface area contributed by atoms with E-state index in [0.717, 1.165) is 17.8 Å². The van der Waals surface area contributed by atoms with Crippen LogP contribution in [0.15, 0.2) is 48.7 Å². The molecule has 3 aromatic rings. The van der Waals surface area contributed by atoms with Gasteiger partial charge in [-0.3, -0.25) is 4.98 Å². The SMILES string of the molecule is CCc1ncccc1-c1cc2ccccc2[nH]1. The van der Waals surface area contributed by atoms with Gasteiger partial charge in [0.25, 0.3) is 0 Å². The molecule has 0 amide bonds. The van der Waals surface area contributed by atoms with Gasteiger partial charge in [0, 0.05) is 34.1 Å². The van der Waals surface area contributed by atoms with Gasteiger partial charge in [0.1, 0.15) is 0 Å². The van der Waals surface area contributed by atoms with E-state index in [0.29, 0.717) is 0 Å². The number of hydrogen-bond donors (Lipinski definition) is 1. The van der Waals surface area contributed by atoms with Crippen molar-refractivity contribution in [2.45, 2.75) is 13.3 Å². The Morgan fingerprint density at radius 1 is 1.12 bits per heavy atom. The van der Waals surface area contributed by atoms with Gasteiger partial charge in [0.15, 0.2) is 0 Å². The second-order valence-corrected chi connectivity index (χ2v) is 4.12. The maximum absolute atomic E-state index is 4.42.